The lowest BCUT2D eigenvalue weighted by molar-refractivity contribution is -0.169. The van der Waals surface area contributed by atoms with Gasteiger partial charge in [-0.2, -0.15) is 0 Å². The predicted octanol–water partition coefficient (Wildman–Crippen LogP) is 2.86. The maximum absolute atomic E-state index is 12.4. The van der Waals surface area contributed by atoms with Crippen LogP contribution in [0.1, 0.15) is 37.2 Å². The highest BCUT2D eigenvalue weighted by atomic mass is 16.7. The summed E-state index contributed by atoms with van der Waals surface area (Å²) in [6.07, 6.45) is 4.85. The molecule has 3 heterocycles. The van der Waals surface area contributed by atoms with E-state index >= 15 is 0 Å². The number of carbonyl (C=O) groups is 1. The largest absolute Gasteiger partial charge is 0.491 e. The fraction of sp³-hybridized carbons (Fsp3) is 0.476. The van der Waals surface area contributed by atoms with Crippen LogP contribution in [0.5, 0.6) is 5.75 Å². The molecule has 2 fully saturated rings. The van der Waals surface area contributed by atoms with Gasteiger partial charge in [0.25, 0.3) is 5.91 Å². The Morgan fingerprint density at radius 1 is 1.10 bits per heavy atom. The van der Waals surface area contributed by atoms with E-state index in [1.807, 2.05) is 26.0 Å². The number of anilines is 2. The Labute approximate surface area is 170 Å². The zero-order valence-electron chi connectivity index (χ0n) is 16.8. The van der Waals surface area contributed by atoms with Crippen molar-refractivity contribution in [2.75, 3.05) is 36.5 Å². The molecule has 2 saturated heterocycles. The molecule has 0 aliphatic carbocycles. The molecule has 1 spiro atoms. The number of aromatic nitrogens is 2. The summed E-state index contributed by atoms with van der Waals surface area (Å²) in [7, 11) is 0. The van der Waals surface area contributed by atoms with Crippen molar-refractivity contribution in [3.05, 3.63) is 42.4 Å². The molecule has 4 rings (SSSR count). The second kappa shape index (κ2) is 8.34. The van der Waals surface area contributed by atoms with E-state index in [1.54, 1.807) is 18.3 Å². The van der Waals surface area contributed by atoms with Crippen molar-refractivity contribution in [1.29, 1.82) is 0 Å². The predicted molar refractivity (Wildman–Crippen MR) is 108 cm³/mol. The first-order chi connectivity index (χ1) is 14.0. The van der Waals surface area contributed by atoms with Gasteiger partial charge >= 0.3 is 0 Å². The van der Waals surface area contributed by atoms with Gasteiger partial charge in [-0.15, -0.1) is 0 Å². The summed E-state index contributed by atoms with van der Waals surface area (Å²) in [6, 6.07) is 7.25. The van der Waals surface area contributed by atoms with Crippen molar-refractivity contribution in [2.24, 2.45) is 0 Å². The van der Waals surface area contributed by atoms with Crippen molar-refractivity contribution in [1.82, 2.24) is 9.97 Å². The van der Waals surface area contributed by atoms with E-state index in [0.29, 0.717) is 18.9 Å². The molecule has 0 radical (unpaired) electrons. The Morgan fingerprint density at radius 2 is 1.79 bits per heavy atom. The highest BCUT2D eigenvalue weighted by Crippen LogP contribution is 2.32. The molecule has 1 aromatic carbocycles. The van der Waals surface area contributed by atoms with Gasteiger partial charge in [0, 0.05) is 31.6 Å². The molecule has 0 atom stereocenters. The van der Waals surface area contributed by atoms with Crippen molar-refractivity contribution in [2.45, 2.75) is 38.6 Å². The minimum atomic E-state index is -0.417. The number of hydrogen-bond donors (Lipinski definition) is 1. The minimum absolute atomic E-state index is 0.105. The van der Waals surface area contributed by atoms with Crippen LogP contribution in [-0.4, -0.2) is 54.1 Å². The van der Waals surface area contributed by atoms with Gasteiger partial charge in [0.05, 0.1) is 31.7 Å². The SMILES string of the molecule is CC(C)Oc1ccc(NC(=O)c2cnc(N3CCC4(CC3)OCCO4)cn2)cc1. The third-order valence-corrected chi connectivity index (χ3v) is 5.02. The summed E-state index contributed by atoms with van der Waals surface area (Å²) in [5.41, 5.74) is 0.946. The summed E-state index contributed by atoms with van der Waals surface area (Å²) in [5.74, 6) is 0.801. The Morgan fingerprint density at radius 3 is 2.38 bits per heavy atom. The van der Waals surface area contributed by atoms with Crippen LogP contribution < -0.4 is 15.0 Å². The summed E-state index contributed by atoms with van der Waals surface area (Å²) in [5, 5.41) is 2.83. The quantitative estimate of drug-likeness (QED) is 0.829. The molecule has 1 N–H and O–H groups in total. The number of ether oxygens (including phenoxy) is 3. The number of benzene rings is 1. The molecular formula is C21H26N4O4. The number of nitrogens with zero attached hydrogens (tertiary/aromatic N) is 3. The Balaban J connectivity index is 1.33. The number of amides is 1. The lowest BCUT2D eigenvalue weighted by Crippen LogP contribution is -2.45. The van der Waals surface area contributed by atoms with Crippen LogP contribution in [0.3, 0.4) is 0 Å². The van der Waals surface area contributed by atoms with E-state index in [9.17, 15) is 4.79 Å². The van der Waals surface area contributed by atoms with Crippen molar-refractivity contribution < 1.29 is 19.0 Å². The summed E-state index contributed by atoms with van der Waals surface area (Å²) in [6.45, 7) is 6.83. The summed E-state index contributed by atoms with van der Waals surface area (Å²) >= 11 is 0. The molecule has 0 bridgehead atoms. The Bertz CT molecular complexity index is 823. The minimum Gasteiger partial charge on any atom is -0.491 e. The van der Waals surface area contributed by atoms with Crippen LogP contribution in [-0.2, 0) is 9.47 Å². The average Bonchev–Trinajstić information content (AvgIpc) is 3.18. The van der Waals surface area contributed by atoms with Crippen LogP contribution in [0.25, 0.3) is 0 Å². The molecule has 154 valence electrons. The van der Waals surface area contributed by atoms with Crippen molar-refractivity contribution in [3.8, 4) is 5.75 Å². The van der Waals surface area contributed by atoms with Gasteiger partial charge in [-0.3, -0.25) is 4.79 Å². The van der Waals surface area contributed by atoms with Gasteiger partial charge in [-0.1, -0.05) is 0 Å². The average molecular weight is 398 g/mol. The van der Waals surface area contributed by atoms with Crippen LogP contribution in [0.15, 0.2) is 36.7 Å². The molecule has 0 saturated carbocycles. The second-order valence-electron chi connectivity index (χ2n) is 7.50. The lowest BCUT2D eigenvalue weighted by Gasteiger charge is -2.37. The first-order valence-corrected chi connectivity index (χ1v) is 9.96. The van der Waals surface area contributed by atoms with Crippen LogP contribution in [0.2, 0.25) is 0 Å². The number of hydrogen-bond acceptors (Lipinski definition) is 7. The van der Waals surface area contributed by atoms with E-state index in [4.69, 9.17) is 14.2 Å². The third kappa shape index (κ3) is 4.65. The first-order valence-electron chi connectivity index (χ1n) is 9.96. The van der Waals surface area contributed by atoms with Gasteiger partial charge < -0.3 is 24.4 Å². The molecule has 1 amide bonds. The molecule has 2 aliphatic heterocycles. The van der Waals surface area contributed by atoms with Crippen LogP contribution in [0.4, 0.5) is 11.5 Å². The van der Waals surface area contributed by atoms with E-state index in [-0.39, 0.29) is 17.7 Å². The maximum atomic E-state index is 12.4. The highest BCUT2D eigenvalue weighted by molar-refractivity contribution is 6.02. The van der Waals surface area contributed by atoms with E-state index < -0.39 is 5.79 Å². The second-order valence-corrected chi connectivity index (χ2v) is 7.50. The van der Waals surface area contributed by atoms with E-state index in [0.717, 1.165) is 37.5 Å². The number of piperidine rings is 1. The smallest absolute Gasteiger partial charge is 0.275 e. The zero-order valence-corrected chi connectivity index (χ0v) is 16.8. The monoisotopic (exact) mass is 398 g/mol. The molecule has 29 heavy (non-hydrogen) atoms. The standard InChI is InChI=1S/C21H26N4O4/c1-15(2)29-17-5-3-16(4-6-17)24-20(26)18-13-23-19(14-22-18)25-9-7-21(8-10-25)27-11-12-28-21/h3-6,13-15H,7-12H2,1-2H3,(H,24,26). The zero-order chi connectivity index (χ0) is 20.3. The first kappa shape index (κ1) is 19.6. The van der Waals surface area contributed by atoms with Gasteiger partial charge in [0.2, 0.25) is 0 Å². The third-order valence-electron chi connectivity index (χ3n) is 5.02. The molecule has 1 aromatic heterocycles. The molecule has 8 nitrogen and oxygen atoms in total. The molecule has 2 aromatic rings. The van der Waals surface area contributed by atoms with Gasteiger partial charge in [0.1, 0.15) is 17.3 Å². The van der Waals surface area contributed by atoms with Gasteiger partial charge in [-0.25, -0.2) is 9.97 Å². The van der Waals surface area contributed by atoms with E-state index in [1.165, 1.54) is 6.20 Å². The Hall–Kier alpha value is -2.71. The normalized spacial score (nSPS) is 18.2. The topological polar surface area (TPSA) is 85.8 Å². The highest BCUT2D eigenvalue weighted by Gasteiger charge is 2.40. The summed E-state index contributed by atoms with van der Waals surface area (Å²) < 4.78 is 17.1. The van der Waals surface area contributed by atoms with Gasteiger partial charge in [-0.05, 0) is 38.1 Å². The fourth-order valence-corrected chi connectivity index (χ4v) is 3.55. The van der Waals surface area contributed by atoms with Gasteiger partial charge in [0.15, 0.2) is 5.79 Å². The van der Waals surface area contributed by atoms with Crippen molar-refractivity contribution in [3.63, 3.8) is 0 Å². The number of carbonyl (C=O) groups excluding carboxylic acids is 1. The number of rotatable bonds is 5. The number of nitrogens with one attached hydrogen (secondary N) is 1. The fourth-order valence-electron chi connectivity index (χ4n) is 3.55. The summed E-state index contributed by atoms with van der Waals surface area (Å²) in [4.78, 5) is 23.3. The molecule has 8 heteroatoms. The van der Waals surface area contributed by atoms with Crippen LogP contribution >= 0.6 is 0 Å². The maximum Gasteiger partial charge on any atom is 0.275 e. The Kier molecular flexibility index (Phi) is 5.64. The molecular weight excluding hydrogens is 372 g/mol. The van der Waals surface area contributed by atoms with E-state index in [2.05, 4.69) is 20.2 Å². The molecule has 2 aliphatic rings. The lowest BCUT2D eigenvalue weighted by atomic mass is 10.0. The van der Waals surface area contributed by atoms with Crippen molar-refractivity contribution >= 4 is 17.4 Å². The van der Waals surface area contributed by atoms with Crippen LogP contribution in [0, 0.1) is 0 Å². The molecule has 0 unspecified atom stereocenters.